The Morgan fingerprint density at radius 2 is 1.88 bits per heavy atom. The van der Waals surface area contributed by atoms with Crippen molar-refractivity contribution < 1.29 is 4.79 Å². The summed E-state index contributed by atoms with van der Waals surface area (Å²) in [5.41, 5.74) is 0. The lowest BCUT2D eigenvalue weighted by atomic mass is 9.77. The molecule has 1 saturated carbocycles. The highest BCUT2D eigenvalue weighted by Gasteiger charge is 2.30. The summed E-state index contributed by atoms with van der Waals surface area (Å²) in [7, 11) is 0. The number of hydrogen-bond donors (Lipinski definition) is 0. The predicted molar refractivity (Wildman–Crippen MR) is 64.7 cm³/mol. The van der Waals surface area contributed by atoms with E-state index in [1.165, 1.54) is 0 Å². The van der Waals surface area contributed by atoms with E-state index >= 15 is 0 Å². The van der Waals surface area contributed by atoms with Gasteiger partial charge in [-0.25, -0.2) is 0 Å². The highest BCUT2D eigenvalue weighted by atomic mass is 16.1. The molecule has 1 unspecified atom stereocenters. The molecule has 1 aliphatic rings. The van der Waals surface area contributed by atoms with Gasteiger partial charge in [-0.05, 0) is 31.1 Å². The van der Waals surface area contributed by atoms with Crippen LogP contribution in [0.1, 0.15) is 52.9 Å². The Hall–Kier alpha value is -0.840. The van der Waals surface area contributed by atoms with Crippen LogP contribution in [0, 0.1) is 35.0 Å². The van der Waals surface area contributed by atoms with Crippen LogP contribution in [-0.2, 0) is 4.79 Å². The van der Waals surface area contributed by atoms with Crippen LogP contribution in [0.2, 0.25) is 0 Å². The summed E-state index contributed by atoms with van der Waals surface area (Å²) in [6.45, 7) is 6.39. The van der Waals surface area contributed by atoms with Crippen molar-refractivity contribution in [3.8, 4) is 6.07 Å². The first-order valence-electron chi connectivity index (χ1n) is 6.48. The number of carbonyl (C=O) groups excluding carboxylic acids is 1. The van der Waals surface area contributed by atoms with Crippen LogP contribution in [0.4, 0.5) is 0 Å². The zero-order valence-electron chi connectivity index (χ0n) is 10.7. The number of carbonyl (C=O) groups is 1. The average molecular weight is 221 g/mol. The van der Waals surface area contributed by atoms with Gasteiger partial charge in [0.2, 0.25) is 0 Å². The van der Waals surface area contributed by atoms with Gasteiger partial charge in [0.15, 0.2) is 5.78 Å². The fraction of sp³-hybridized carbons (Fsp3) is 0.857. The van der Waals surface area contributed by atoms with Crippen LogP contribution in [0.5, 0.6) is 0 Å². The van der Waals surface area contributed by atoms with Gasteiger partial charge in [-0.2, -0.15) is 5.26 Å². The van der Waals surface area contributed by atoms with E-state index in [0.29, 0.717) is 5.92 Å². The van der Waals surface area contributed by atoms with E-state index in [4.69, 9.17) is 5.26 Å². The van der Waals surface area contributed by atoms with E-state index in [1.807, 2.05) is 0 Å². The largest absolute Gasteiger partial charge is 0.298 e. The Kier molecular flexibility index (Phi) is 4.99. The van der Waals surface area contributed by atoms with E-state index in [0.717, 1.165) is 38.0 Å². The minimum Gasteiger partial charge on any atom is -0.298 e. The van der Waals surface area contributed by atoms with Crippen molar-refractivity contribution in [2.75, 3.05) is 0 Å². The molecule has 0 amide bonds. The second-order valence-electron chi connectivity index (χ2n) is 5.67. The van der Waals surface area contributed by atoms with Crippen molar-refractivity contribution >= 4 is 5.78 Å². The maximum atomic E-state index is 12.1. The van der Waals surface area contributed by atoms with Crippen LogP contribution in [-0.4, -0.2) is 5.78 Å². The first-order chi connectivity index (χ1) is 7.54. The Morgan fingerprint density at radius 1 is 1.31 bits per heavy atom. The number of ketones is 1. The van der Waals surface area contributed by atoms with Crippen molar-refractivity contribution in [2.24, 2.45) is 23.7 Å². The molecule has 0 N–H and O–H groups in total. The van der Waals surface area contributed by atoms with Crippen molar-refractivity contribution in [1.29, 1.82) is 5.26 Å². The van der Waals surface area contributed by atoms with Crippen molar-refractivity contribution in [1.82, 2.24) is 0 Å². The molecule has 0 aromatic rings. The summed E-state index contributed by atoms with van der Waals surface area (Å²) in [4.78, 5) is 12.1. The van der Waals surface area contributed by atoms with Gasteiger partial charge in [-0.3, -0.25) is 4.79 Å². The molecule has 0 radical (unpaired) electrons. The van der Waals surface area contributed by atoms with E-state index in [1.54, 1.807) is 0 Å². The van der Waals surface area contributed by atoms with E-state index in [9.17, 15) is 4.79 Å². The van der Waals surface area contributed by atoms with Gasteiger partial charge in [0.25, 0.3) is 0 Å². The fourth-order valence-corrected chi connectivity index (χ4v) is 2.53. The van der Waals surface area contributed by atoms with E-state index in [2.05, 4.69) is 26.8 Å². The number of rotatable bonds is 4. The van der Waals surface area contributed by atoms with Crippen LogP contribution in [0.15, 0.2) is 0 Å². The maximum absolute atomic E-state index is 12.1. The van der Waals surface area contributed by atoms with Gasteiger partial charge in [0.1, 0.15) is 5.92 Å². The molecular weight excluding hydrogens is 198 g/mol. The first kappa shape index (κ1) is 13.2. The minimum atomic E-state index is -0.363. The van der Waals surface area contributed by atoms with Crippen LogP contribution in [0.25, 0.3) is 0 Å². The molecular formula is C14H23NO. The molecule has 1 rings (SSSR count). The van der Waals surface area contributed by atoms with Gasteiger partial charge in [0.05, 0.1) is 6.07 Å². The van der Waals surface area contributed by atoms with Crippen molar-refractivity contribution in [3.63, 3.8) is 0 Å². The van der Waals surface area contributed by atoms with Crippen molar-refractivity contribution in [2.45, 2.75) is 52.9 Å². The highest BCUT2D eigenvalue weighted by Crippen LogP contribution is 2.31. The Morgan fingerprint density at radius 3 is 2.31 bits per heavy atom. The molecule has 0 aliphatic heterocycles. The van der Waals surface area contributed by atoms with Crippen LogP contribution >= 0.6 is 0 Å². The lowest BCUT2D eigenvalue weighted by molar-refractivity contribution is -0.126. The molecule has 1 atom stereocenters. The second kappa shape index (κ2) is 6.03. The maximum Gasteiger partial charge on any atom is 0.153 e. The standard InChI is InChI=1S/C14H23NO/c1-10(2)8-13(9-15)14(16)12-6-4-11(3)5-7-12/h10-13H,4-8H2,1-3H3. The molecule has 0 spiro atoms. The fourth-order valence-electron chi connectivity index (χ4n) is 2.53. The topological polar surface area (TPSA) is 40.9 Å². The Bertz CT molecular complexity index is 269. The van der Waals surface area contributed by atoms with E-state index in [-0.39, 0.29) is 17.6 Å². The molecule has 0 saturated heterocycles. The van der Waals surface area contributed by atoms with Crippen LogP contribution in [0.3, 0.4) is 0 Å². The average Bonchev–Trinajstić information content (AvgIpc) is 2.25. The highest BCUT2D eigenvalue weighted by molar-refractivity contribution is 5.85. The SMILES string of the molecule is CC(C)CC(C#N)C(=O)C1CCC(C)CC1. The van der Waals surface area contributed by atoms with Gasteiger partial charge in [-0.15, -0.1) is 0 Å². The molecule has 90 valence electrons. The third-order valence-corrected chi connectivity index (χ3v) is 3.62. The van der Waals surface area contributed by atoms with Gasteiger partial charge in [0, 0.05) is 5.92 Å². The molecule has 16 heavy (non-hydrogen) atoms. The molecule has 0 aromatic heterocycles. The summed E-state index contributed by atoms with van der Waals surface area (Å²) in [5, 5.41) is 9.06. The number of hydrogen-bond acceptors (Lipinski definition) is 2. The zero-order chi connectivity index (χ0) is 12.1. The molecule has 2 nitrogen and oxygen atoms in total. The molecule has 0 bridgehead atoms. The van der Waals surface area contributed by atoms with Gasteiger partial charge >= 0.3 is 0 Å². The molecule has 1 fully saturated rings. The van der Waals surface area contributed by atoms with Gasteiger partial charge in [-0.1, -0.05) is 33.6 Å². The monoisotopic (exact) mass is 221 g/mol. The predicted octanol–water partition coefficient (Wildman–Crippen LogP) is 3.57. The third kappa shape index (κ3) is 3.63. The lowest BCUT2D eigenvalue weighted by Crippen LogP contribution is -2.27. The minimum absolute atomic E-state index is 0.166. The van der Waals surface area contributed by atoms with Crippen molar-refractivity contribution in [3.05, 3.63) is 0 Å². The summed E-state index contributed by atoms with van der Waals surface area (Å²) < 4.78 is 0. The quantitative estimate of drug-likeness (QED) is 0.728. The third-order valence-electron chi connectivity index (χ3n) is 3.62. The van der Waals surface area contributed by atoms with Crippen LogP contribution < -0.4 is 0 Å². The van der Waals surface area contributed by atoms with E-state index < -0.39 is 0 Å². The number of Topliss-reactive ketones (excluding diaryl/α,β-unsaturated/α-hetero) is 1. The number of nitrogens with zero attached hydrogens (tertiary/aromatic N) is 1. The normalized spacial score (nSPS) is 27.4. The molecule has 1 aliphatic carbocycles. The van der Waals surface area contributed by atoms with Gasteiger partial charge < -0.3 is 0 Å². The lowest BCUT2D eigenvalue weighted by Gasteiger charge is -2.26. The second-order valence-corrected chi connectivity index (χ2v) is 5.67. The summed E-state index contributed by atoms with van der Waals surface area (Å²) in [5.74, 6) is 1.20. The summed E-state index contributed by atoms with van der Waals surface area (Å²) in [6.07, 6.45) is 5.01. The molecule has 0 heterocycles. The number of nitriles is 1. The smallest absolute Gasteiger partial charge is 0.153 e. The Labute approximate surface area is 99.0 Å². The molecule has 2 heteroatoms. The summed E-state index contributed by atoms with van der Waals surface area (Å²) >= 11 is 0. The zero-order valence-corrected chi connectivity index (χ0v) is 10.7. The summed E-state index contributed by atoms with van der Waals surface area (Å²) in [6, 6.07) is 2.19. The first-order valence-corrected chi connectivity index (χ1v) is 6.48. The Balaban J connectivity index is 2.52. The molecule has 0 aromatic carbocycles.